The highest BCUT2D eigenvalue weighted by atomic mass is 32.2. The van der Waals surface area contributed by atoms with Crippen LogP contribution in [0.15, 0.2) is 18.2 Å². The van der Waals surface area contributed by atoms with E-state index in [0.717, 1.165) is 11.1 Å². The van der Waals surface area contributed by atoms with E-state index in [9.17, 15) is 9.00 Å². The highest BCUT2D eigenvalue weighted by Gasteiger charge is 2.22. The number of carbonyl (C=O) groups is 1. The van der Waals surface area contributed by atoms with Crippen LogP contribution in [0.1, 0.15) is 34.8 Å². The highest BCUT2D eigenvalue weighted by molar-refractivity contribution is 7.86. The summed E-state index contributed by atoms with van der Waals surface area (Å²) < 4.78 is 17.0. The minimum Gasteiger partial charge on any atom is -0.385 e. The summed E-state index contributed by atoms with van der Waals surface area (Å²) >= 11 is 0. The number of ether oxygens (including phenoxy) is 1. The molecule has 1 aromatic carbocycles. The van der Waals surface area contributed by atoms with Gasteiger partial charge in [0.05, 0.1) is 5.25 Å². The van der Waals surface area contributed by atoms with E-state index in [1.807, 2.05) is 32.0 Å². The first kappa shape index (κ1) is 16.1. The van der Waals surface area contributed by atoms with E-state index in [1.54, 1.807) is 14.0 Å². The van der Waals surface area contributed by atoms with Gasteiger partial charge in [0.25, 0.3) is 0 Å². The van der Waals surface area contributed by atoms with Crippen LogP contribution < -0.4 is 0 Å². The molecule has 0 spiro atoms. The molecule has 3 nitrogen and oxygen atoms in total. The zero-order chi connectivity index (χ0) is 14.4. The van der Waals surface area contributed by atoms with Crippen molar-refractivity contribution in [1.82, 2.24) is 0 Å². The molecule has 0 heterocycles. The first-order valence-electron chi connectivity index (χ1n) is 6.45. The van der Waals surface area contributed by atoms with Crippen LogP contribution in [-0.2, 0) is 15.5 Å². The van der Waals surface area contributed by atoms with Gasteiger partial charge in [-0.1, -0.05) is 17.7 Å². The third-order valence-corrected chi connectivity index (χ3v) is 4.81. The Hall–Kier alpha value is -1.00. The third-order valence-electron chi connectivity index (χ3n) is 3.12. The number of benzene rings is 1. The molecule has 1 rings (SSSR count). The lowest BCUT2D eigenvalue weighted by atomic mass is 10.0. The second kappa shape index (κ2) is 7.56. The molecule has 0 aliphatic heterocycles. The van der Waals surface area contributed by atoms with Crippen molar-refractivity contribution in [2.75, 3.05) is 19.5 Å². The Morgan fingerprint density at radius 2 is 2.05 bits per heavy atom. The summed E-state index contributed by atoms with van der Waals surface area (Å²) in [5.41, 5.74) is 2.68. The summed E-state index contributed by atoms with van der Waals surface area (Å²) in [6.45, 7) is 6.19. The van der Waals surface area contributed by atoms with Crippen molar-refractivity contribution < 1.29 is 13.7 Å². The lowest BCUT2D eigenvalue weighted by Crippen LogP contribution is -2.25. The molecule has 0 aromatic heterocycles. The van der Waals surface area contributed by atoms with Gasteiger partial charge in [-0.25, -0.2) is 0 Å². The van der Waals surface area contributed by atoms with Crippen LogP contribution >= 0.6 is 0 Å². The third kappa shape index (κ3) is 4.55. The van der Waals surface area contributed by atoms with Crippen LogP contribution in [0.2, 0.25) is 0 Å². The Bertz CT molecular complexity index is 468. The van der Waals surface area contributed by atoms with Gasteiger partial charge in [0.15, 0.2) is 5.78 Å². The first-order chi connectivity index (χ1) is 8.97. The van der Waals surface area contributed by atoms with Crippen LogP contribution in [0.3, 0.4) is 0 Å². The number of ketones is 1. The molecule has 19 heavy (non-hydrogen) atoms. The molecule has 0 fully saturated rings. The molecule has 1 aromatic rings. The fraction of sp³-hybridized carbons (Fsp3) is 0.533. The number of rotatable bonds is 7. The summed E-state index contributed by atoms with van der Waals surface area (Å²) in [5, 5.41) is -0.461. The van der Waals surface area contributed by atoms with Crippen LogP contribution in [0.25, 0.3) is 0 Å². The van der Waals surface area contributed by atoms with Gasteiger partial charge >= 0.3 is 0 Å². The molecule has 4 heteroatoms. The maximum Gasteiger partial charge on any atom is 0.178 e. The van der Waals surface area contributed by atoms with E-state index in [-0.39, 0.29) is 5.78 Å². The van der Waals surface area contributed by atoms with Crippen molar-refractivity contribution >= 4 is 16.6 Å². The fourth-order valence-electron chi connectivity index (χ4n) is 1.86. The SMILES string of the molecule is COCCCS(=O)C(C)C(=O)c1cc(C)ccc1C. The normalized spacial score (nSPS) is 14.1. The molecule has 0 aliphatic carbocycles. The van der Waals surface area contributed by atoms with E-state index in [2.05, 4.69) is 0 Å². The highest BCUT2D eigenvalue weighted by Crippen LogP contribution is 2.15. The minimum atomic E-state index is -1.14. The maximum absolute atomic E-state index is 12.4. The Balaban J connectivity index is 2.76. The van der Waals surface area contributed by atoms with Crippen LogP contribution in [-0.4, -0.2) is 34.7 Å². The summed E-state index contributed by atoms with van der Waals surface area (Å²) in [5.74, 6) is 0.475. The molecule has 0 aliphatic rings. The van der Waals surface area contributed by atoms with Gasteiger partial charge in [-0.05, 0) is 38.8 Å². The summed E-state index contributed by atoms with van der Waals surface area (Å²) in [6, 6.07) is 5.79. The van der Waals surface area contributed by atoms with E-state index in [1.165, 1.54) is 0 Å². The molecule has 106 valence electrons. The molecule has 2 atom stereocenters. The molecule has 0 amide bonds. The average Bonchev–Trinajstić information content (AvgIpc) is 2.40. The van der Waals surface area contributed by atoms with Crippen molar-refractivity contribution in [3.63, 3.8) is 0 Å². The van der Waals surface area contributed by atoms with Crippen molar-refractivity contribution in [3.8, 4) is 0 Å². The van der Waals surface area contributed by atoms with Gasteiger partial charge in [-0.3, -0.25) is 9.00 Å². The lowest BCUT2D eigenvalue weighted by Gasteiger charge is -2.13. The summed E-state index contributed by atoms with van der Waals surface area (Å²) in [7, 11) is 0.477. The number of hydrogen-bond acceptors (Lipinski definition) is 3. The fourth-order valence-corrected chi connectivity index (χ4v) is 2.98. The van der Waals surface area contributed by atoms with E-state index in [0.29, 0.717) is 24.3 Å². The number of methoxy groups -OCH3 is 1. The first-order valence-corrected chi connectivity index (χ1v) is 7.83. The number of aryl methyl sites for hydroxylation is 2. The Morgan fingerprint density at radius 3 is 2.68 bits per heavy atom. The van der Waals surface area contributed by atoms with Crippen molar-refractivity contribution in [3.05, 3.63) is 34.9 Å². The molecule has 0 N–H and O–H groups in total. The monoisotopic (exact) mass is 282 g/mol. The standard InChI is InChI=1S/C15H22O3S/c1-11-6-7-12(2)14(10-11)15(16)13(3)19(17)9-5-8-18-4/h6-7,10,13H,5,8-9H2,1-4H3. The van der Waals surface area contributed by atoms with Crippen LogP contribution in [0.4, 0.5) is 0 Å². The van der Waals surface area contributed by atoms with Crippen molar-refractivity contribution in [1.29, 1.82) is 0 Å². The molecule has 0 radical (unpaired) electrons. The molecule has 0 saturated carbocycles. The van der Waals surface area contributed by atoms with Crippen LogP contribution in [0.5, 0.6) is 0 Å². The second-order valence-electron chi connectivity index (χ2n) is 4.76. The van der Waals surface area contributed by atoms with Gasteiger partial charge in [-0.15, -0.1) is 0 Å². The van der Waals surface area contributed by atoms with Gasteiger partial charge in [0, 0.05) is 35.8 Å². The predicted octanol–water partition coefficient (Wildman–Crippen LogP) is 2.66. The molecule has 0 bridgehead atoms. The molecular formula is C15H22O3S. The second-order valence-corrected chi connectivity index (χ2v) is 6.63. The molecule has 2 unspecified atom stereocenters. The molecule has 0 saturated heterocycles. The van der Waals surface area contributed by atoms with Gasteiger partial charge in [0.1, 0.15) is 0 Å². The van der Waals surface area contributed by atoms with E-state index < -0.39 is 16.0 Å². The smallest absolute Gasteiger partial charge is 0.178 e. The van der Waals surface area contributed by atoms with E-state index in [4.69, 9.17) is 4.74 Å². The largest absolute Gasteiger partial charge is 0.385 e. The Kier molecular flexibility index (Phi) is 6.38. The zero-order valence-corrected chi connectivity index (χ0v) is 12.9. The van der Waals surface area contributed by atoms with Crippen molar-refractivity contribution in [2.45, 2.75) is 32.4 Å². The lowest BCUT2D eigenvalue weighted by molar-refractivity contribution is 0.0992. The Labute approximate surface area is 117 Å². The van der Waals surface area contributed by atoms with Crippen molar-refractivity contribution in [2.24, 2.45) is 0 Å². The zero-order valence-electron chi connectivity index (χ0n) is 12.1. The van der Waals surface area contributed by atoms with E-state index >= 15 is 0 Å². The van der Waals surface area contributed by atoms with Gasteiger partial charge < -0.3 is 4.74 Å². The molecular weight excluding hydrogens is 260 g/mol. The Morgan fingerprint density at radius 1 is 1.37 bits per heavy atom. The van der Waals surface area contributed by atoms with Crippen LogP contribution in [0, 0.1) is 13.8 Å². The predicted molar refractivity (Wildman–Crippen MR) is 79.2 cm³/mol. The minimum absolute atomic E-state index is 0.0306. The summed E-state index contributed by atoms with van der Waals surface area (Å²) in [4.78, 5) is 12.4. The number of carbonyl (C=O) groups excluding carboxylic acids is 1. The summed E-state index contributed by atoms with van der Waals surface area (Å²) in [6.07, 6.45) is 0.716. The topological polar surface area (TPSA) is 43.4 Å². The maximum atomic E-state index is 12.4. The quantitative estimate of drug-likeness (QED) is 0.570. The number of Topliss-reactive ketones (excluding diaryl/α,β-unsaturated/α-hetero) is 1. The average molecular weight is 282 g/mol. The van der Waals surface area contributed by atoms with Gasteiger partial charge in [-0.2, -0.15) is 0 Å². The van der Waals surface area contributed by atoms with Gasteiger partial charge in [0.2, 0.25) is 0 Å². The number of hydrogen-bond donors (Lipinski definition) is 0.